The summed E-state index contributed by atoms with van der Waals surface area (Å²) in [5, 5.41) is 2.74. The Kier molecular flexibility index (Phi) is 4.51. The minimum absolute atomic E-state index is 0.216. The van der Waals surface area contributed by atoms with E-state index in [1.165, 1.54) is 29.0 Å². The third-order valence-corrected chi connectivity index (χ3v) is 5.44. The Morgan fingerprint density at radius 2 is 1.69 bits per heavy atom. The van der Waals surface area contributed by atoms with Crippen molar-refractivity contribution in [2.75, 3.05) is 0 Å². The molecule has 3 heterocycles. The largest absolute Gasteiger partial charge is 0.437 e. The third-order valence-electron chi connectivity index (χ3n) is 3.55. The summed E-state index contributed by atoms with van der Waals surface area (Å²) < 4.78 is 85.3. The Morgan fingerprint density at radius 3 is 2.19 bits per heavy atom. The fourth-order valence-corrected chi connectivity index (χ4v) is 4.00. The maximum atomic E-state index is 13.6. The molecule has 0 aromatic carbocycles. The number of halogens is 6. The van der Waals surface area contributed by atoms with Gasteiger partial charge in [-0.3, -0.25) is 0 Å². The van der Waals surface area contributed by atoms with E-state index >= 15 is 0 Å². The van der Waals surface area contributed by atoms with Gasteiger partial charge in [0.1, 0.15) is 0 Å². The summed E-state index contributed by atoms with van der Waals surface area (Å²) in [5.41, 5.74) is -5.09. The molecule has 138 valence electrons. The van der Waals surface area contributed by atoms with Crippen molar-refractivity contribution in [2.45, 2.75) is 18.0 Å². The van der Waals surface area contributed by atoms with Crippen LogP contribution in [0.4, 0.5) is 26.3 Å². The molecule has 1 atom stereocenters. The number of hydrogen-bond acceptors (Lipinski definition) is 4. The average Bonchev–Trinajstić information content (AvgIpc) is 3.24. The summed E-state index contributed by atoms with van der Waals surface area (Å²) in [6.07, 6.45) is -9.07. The lowest BCUT2D eigenvalue weighted by atomic mass is 9.99. The van der Waals surface area contributed by atoms with Crippen LogP contribution in [-0.4, -0.2) is 18.3 Å². The molecule has 26 heavy (non-hydrogen) atoms. The van der Waals surface area contributed by atoms with E-state index in [0.717, 1.165) is 17.4 Å². The van der Waals surface area contributed by atoms with Crippen molar-refractivity contribution in [1.82, 2.24) is 0 Å². The van der Waals surface area contributed by atoms with Crippen molar-refractivity contribution in [3.05, 3.63) is 62.5 Å². The van der Waals surface area contributed by atoms with Gasteiger partial charge >= 0.3 is 18.3 Å². The minimum atomic E-state index is -5.02. The zero-order chi connectivity index (χ0) is 19.2. The van der Waals surface area contributed by atoms with E-state index in [4.69, 9.17) is 0 Å². The summed E-state index contributed by atoms with van der Waals surface area (Å²) in [7, 11) is 0. The first kappa shape index (κ1) is 18.7. The highest BCUT2D eigenvalue weighted by Gasteiger charge is 2.62. The van der Waals surface area contributed by atoms with E-state index < -0.39 is 35.1 Å². The maximum absolute atomic E-state index is 13.6. The Morgan fingerprint density at radius 1 is 1.04 bits per heavy atom. The second-order valence-electron chi connectivity index (χ2n) is 5.23. The van der Waals surface area contributed by atoms with Gasteiger partial charge in [-0.2, -0.15) is 26.3 Å². The molecular formula is C16H8F6O2S2. The van der Waals surface area contributed by atoms with E-state index in [1.807, 2.05) is 0 Å². The Labute approximate surface area is 151 Å². The van der Waals surface area contributed by atoms with Crippen LogP contribution in [-0.2, 0) is 15.1 Å². The minimum Gasteiger partial charge on any atom is -0.435 e. The average molecular weight is 410 g/mol. The number of hydrogen-bond donors (Lipinski definition) is 0. The molecule has 0 saturated heterocycles. The Bertz CT molecular complexity index is 860. The van der Waals surface area contributed by atoms with E-state index in [-0.39, 0.29) is 9.75 Å². The van der Waals surface area contributed by atoms with Gasteiger partial charge in [0.25, 0.3) is 5.60 Å². The second kappa shape index (κ2) is 6.27. The van der Waals surface area contributed by atoms with Gasteiger partial charge in [0.05, 0.1) is 16.0 Å². The highest BCUT2D eigenvalue weighted by atomic mass is 32.1. The van der Waals surface area contributed by atoms with Gasteiger partial charge < -0.3 is 4.74 Å². The highest BCUT2D eigenvalue weighted by molar-refractivity contribution is 7.11. The standard InChI is InChI=1S/C16H8F6O2S2/c17-15(18,19)10(11-3-1-5-25-11)7-9-8-14(16(20,21)22,24-13(9)23)12-4-2-6-26-12/h1-8H/b10-7-. The van der Waals surface area contributed by atoms with E-state index in [2.05, 4.69) is 4.74 Å². The molecule has 0 saturated carbocycles. The van der Waals surface area contributed by atoms with E-state index in [1.54, 1.807) is 0 Å². The van der Waals surface area contributed by atoms with Crippen LogP contribution in [0.5, 0.6) is 0 Å². The number of esters is 1. The number of thiophene rings is 2. The SMILES string of the molecule is O=C1OC(c2cccs2)(C(F)(F)F)C=C1/C=C(/c1cccs1)C(F)(F)F. The van der Waals surface area contributed by atoms with Gasteiger partial charge in [-0.05, 0) is 35.0 Å². The van der Waals surface area contributed by atoms with Crippen LogP contribution < -0.4 is 0 Å². The van der Waals surface area contributed by atoms with Crippen LogP contribution >= 0.6 is 22.7 Å². The predicted octanol–water partition coefficient (Wildman–Crippen LogP) is 5.70. The monoisotopic (exact) mass is 410 g/mol. The smallest absolute Gasteiger partial charge is 0.435 e. The van der Waals surface area contributed by atoms with Crippen LogP contribution in [0.25, 0.3) is 5.57 Å². The zero-order valence-electron chi connectivity index (χ0n) is 12.5. The lowest BCUT2D eigenvalue weighted by Gasteiger charge is -2.27. The number of ether oxygens (including phenoxy) is 1. The number of carbonyl (C=O) groups is 1. The molecule has 1 aliphatic heterocycles. The number of allylic oxidation sites excluding steroid dienone is 1. The van der Waals surface area contributed by atoms with Crippen molar-refractivity contribution in [3.63, 3.8) is 0 Å². The predicted molar refractivity (Wildman–Crippen MR) is 84.6 cm³/mol. The maximum Gasteiger partial charge on any atom is 0.437 e. The molecule has 0 N–H and O–H groups in total. The molecule has 2 nitrogen and oxygen atoms in total. The quantitative estimate of drug-likeness (QED) is 0.480. The summed E-state index contributed by atoms with van der Waals surface area (Å²) in [5.74, 6) is -1.46. The van der Waals surface area contributed by atoms with Crippen LogP contribution in [0.3, 0.4) is 0 Å². The number of rotatable bonds is 3. The molecule has 2 aromatic heterocycles. The number of alkyl halides is 6. The molecule has 0 bridgehead atoms. The van der Waals surface area contributed by atoms with Gasteiger partial charge in [0.2, 0.25) is 0 Å². The fraction of sp³-hybridized carbons (Fsp3) is 0.188. The van der Waals surface area contributed by atoms with Gasteiger partial charge in [-0.25, -0.2) is 4.79 Å². The summed E-state index contributed by atoms with van der Waals surface area (Å²) in [6, 6.07) is 4.97. The van der Waals surface area contributed by atoms with Crippen LogP contribution in [0.2, 0.25) is 0 Å². The zero-order valence-corrected chi connectivity index (χ0v) is 14.2. The van der Waals surface area contributed by atoms with Gasteiger partial charge in [-0.15, -0.1) is 22.7 Å². The van der Waals surface area contributed by atoms with Crippen LogP contribution in [0.15, 0.2) is 52.8 Å². The first-order valence-electron chi connectivity index (χ1n) is 6.94. The van der Waals surface area contributed by atoms with Gasteiger partial charge in [-0.1, -0.05) is 12.1 Å². The molecule has 1 aliphatic rings. The van der Waals surface area contributed by atoms with Crippen LogP contribution in [0.1, 0.15) is 9.75 Å². The van der Waals surface area contributed by atoms with E-state index in [0.29, 0.717) is 23.5 Å². The van der Waals surface area contributed by atoms with Gasteiger partial charge in [0, 0.05) is 4.88 Å². The molecule has 0 radical (unpaired) electrons. The Hall–Kier alpha value is -2.07. The van der Waals surface area contributed by atoms with Crippen molar-refractivity contribution in [2.24, 2.45) is 0 Å². The van der Waals surface area contributed by atoms with Crippen molar-refractivity contribution in [3.8, 4) is 0 Å². The topological polar surface area (TPSA) is 26.3 Å². The number of cyclic esters (lactones) is 1. The number of carbonyl (C=O) groups excluding carboxylic acids is 1. The molecule has 0 amide bonds. The summed E-state index contributed by atoms with van der Waals surface area (Å²) >= 11 is 1.45. The summed E-state index contributed by atoms with van der Waals surface area (Å²) in [4.78, 5) is 11.4. The first-order chi connectivity index (χ1) is 12.0. The molecule has 0 fully saturated rings. The molecule has 0 aliphatic carbocycles. The van der Waals surface area contributed by atoms with Crippen molar-refractivity contribution < 1.29 is 35.9 Å². The van der Waals surface area contributed by atoms with Crippen molar-refractivity contribution in [1.29, 1.82) is 0 Å². The first-order valence-corrected chi connectivity index (χ1v) is 8.70. The molecule has 1 unspecified atom stereocenters. The molecule has 0 spiro atoms. The lowest BCUT2D eigenvalue weighted by molar-refractivity contribution is -0.249. The molecule has 3 rings (SSSR count). The van der Waals surface area contributed by atoms with Crippen molar-refractivity contribution >= 4 is 34.2 Å². The fourth-order valence-electron chi connectivity index (χ4n) is 2.38. The molecule has 2 aromatic rings. The van der Waals surface area contributed by atoms with E-state index in [9.17, 15) is 31.1 Å². The summed E-state index contributed by atoms with van der Waals surface area (Å²) in [6.45, 7) is 0. The lowest BCUT2D eigenvalue weighted by Crippen LogP contribution is -2.41. The van der Waals surface area contributed by atoms with Crippen LogP contribution in [0, 0.1) is 0 Å². The van der Waals surface area contributed by atoms with Gasteiger partial charge in [0.15, 0.2) is 0 Å². The normalized spacial score (nSPS) is 21.7. The molecule has 10 heteroatoms. The Balaban J connectivity index is 2.15. The molecular weight excluding hydrogens is 402 g/mol. The third kappa shape index (κ3) is 3.18. The highest BCUT2D eigenvalue weighted by Crippen LogP contribution is 2.50. The second-order valence-corrected chi connectivity index (χ2v) is 7.13.